The summed E-state index contributed by atoms with van der Waals surface area (Å²) in [5.74, 6) is -0.165. The van der Waals surface area contributed by atoms with Crippen LogP contribution in [0, 0.1) is 0 Å². The predicted molar refractivity (Wildman–Crippen MR) is 84.1 cm³/mol. The van der Waals surface area contributed by atoms with Crippen LogP contribution in [0.25, 0.3) is 0 Å². The van der Waals surface area contributed by atoms with E-state index < -0.39 is 0 Å². The molecule has 0 unspecified atom stereocenters. The topological polar surface area (TPSA) is 44.8 Å². The summed E-state index contributed by atoms with van der Waals surface area (Å²) in [6.45, 7) is 0.533. The number of halogens is 1. The van der Waals surface area contributed by atoms with Gasteiger partial charge in [-0.1, -0.05) is 48.0 Å². The van der Waals surface area contributed by atoms with Crippen molar-refractivity contribution in [2.24, 2.45) is 0 Å². The summed E-state index contributed by atoms with van der Waals surface area (Å²) in [5.41, 5.74) is 0. The zero-order valence-corrected chi connectivity index (χ0v) is 14.5. The first-order valence-electron chi connectivity index (χ1n) is 7.51. The molecule has 0 heterocycles. The van der Waals surface area contributed by atoms with Crippen molar-refractivity contribution >= 4 is 21.9 Å². The number of ether oxygens (including phenoxy) is 3. The number of rotatable bonds is 14. The largest absolute Gasteiger partial charge is 0.466 e. The molecular formula is C15H29BrO4. The molecule has 0 amide bonds. The van der Waals surface area contributed by atoms with Gasteiger partial charge in [-0.2, -0.15) is 0 Å². The van der Waals surface area contributed by atoms with Crippen molar-refractivity contribution in [2.75, 3.05) is 26.2 Å². The number of unbranched alkanes of at least 4 members (excludes halogenated alkanes) is 6. The van der Waals surface area contributed by atoms with Gasteiger partial charge in [0.2, 0.25) is 0 Å². The molecule has 0 bridgehead atoms. The number of hydrogen-bond acceptors (Lipinski definition) is 4. The van der Waals surface area contributed by atoms with Gasteiger partial charge in [-0.3, -0.25) is 4.79 Å². The van der Waals surface area contributed by atoms with Crippen LogP contribution in [-0.2, 0) is 19.0 Å². The fraction of sp³-hybridized carbons (Fsp3) is 0.933. The molecule has 120 valence electrons. The van der Waals surface area contributed by atoms with E-state index in [0.29, 0.717) is 19.4 Å². The van der Waals surface area contributed by atoms with E-state index in [9.17, 15) is 4.79 Å². The van der Waals surface area contributed by atoms with Crippen molar-refractivity contribution in [3.63, 3.8) is 0 Å². The minimum atomic E-state index is -0.318. The summed E-state index contributed by atoms with van der Waals surface area (Å²) in [6.07, 6.45) is 9.06. The minimum Gasteiger partial charge on any atom is -0.466 e. The molecule has 0 atom stereocenters. The fourth-order valence-corrected chi connectivity index (χ4v) is 2.30. The Morgan fingerprint density at radius 1 is 0.950 bits per heavy atom. The van der Waals surface area contributed by atoms with Gasteiger partial charge in [-0.15, -0.1) is 0 Å². The number of hydrogen-bond donors (Lipinski definition) is 0. The first-order valence-corrected chi connectivity index (χ1v) is 8.64. The van der Waals surface area contributed by atoms with E-state index in [1.165, 1.54) is 32.1 Å². The van der Waals surface area contributed by atoms with Gasteiger partial charge in [-0.05, 0) is 12.8 Å². The van der Waals surface area contributed by atoms with E-state index in [2.05, 4.69) is 15.9 Å². The Hall–Kier alpha value is -0.130. The third-order valence-corrected chi connectivity index (χ3v) is 3.71. The molecule has 0 rings (SSSR count). The molecule has 0 N–H and O–H groups in total. The molecule has 0 radical (unpaired) electrons. The summed E-state index contributed by atoms with van der Waals surface area (Å²) < 4.78 is 15.2. The van der Waals surface area contributed by atoms with Crippen molar-refractivity contribution in [3.8, 4) is 0 Å². The average molecular weight is 353 g/mol. The summed E-state index contributed by atoms with van der Waals surface area (Å²) in [7, 11) is 3.13. The SMILES string of the molecule is COC(CCC(=O)OCCCCCCCCCBr)OC. The maximum Gasteiger partial charge on any atom is 0.305 e. The van der Waals surface area contributed by atoms with Gasteiger partial charge < -0.3 is 14.2 Å². The molecule has 20 heavy (non-hydrogen) atoms. The standard InChI is InChI=1S/C15H29BrO4/c1-18-15(19-2)11-10-14(17)20-13-9-7-5-3-4-6-8-12-16/h15H,3-13H2,1-2H3. The molecule has 0 aromatic heterocycles. The second-order valence-corrected chi connectivity index (χ2v) is 5.62. The highest BCUT2D eigenvalue weighted by Crippen LogP contribution is 2.08. The number of carbonyl (C=O) groups excluding carboxylic acids is 1. The molecule has 0 aliphatic carbocycles. The van der Waals surface area contributed by atoms with E-state index >= 15 is 0 Å². The second kappa shape index (κ2) is 15.3. The lowest BCUT2D eigenvalue weighted by molar-refractivity contribution is -0.148. The smallest absolute Gasteiger partial charge is 0.305 e. The number of carbonyl (C=O) groups is 1. The van der Waals surface area contributed by atoms with Crippen molar-refractivity contribution < 1.29 is 19.0 Å². The number of esters is 1. The zero-order chi connectivity index (χ0) is 15.1. The van der Waals surface area contributed by atoms with Crippen LogP contribution in [0.1, 0.15) is 57.8 Å². The average Bonchev–Trinajstić information content (AvgIpc) is 2.46. The molecule has 0 fully saturated rings. The Bertz CT molecular complexity index is 220. The van der Waals surface area contributed by atoms with E-state index in [1.54, 1.807) is 14.2 Å². The van der Waals surface area contributed by atoms with Crippen LogP contribution < -0.4 is 0 Å². The Morgan fingerprint density at radius 3 is 2.05 bits per heavy atom. The van der Waals surface area contributed by atoms with Crippen LogP contribution in [0.5, 0.6) is 0 Å². The first-order chi connectivity index (χ1) is 9.74. The van der Waals surface area contributed by atoms with Gasteiger partial charge >= 0.3 is 5.97 Å². The molecule has 0 aromatic rings. The summed E-state index contributed by atoms with van der Waals surface area (Å²) >= 11 is 3.43. The van der Waals surface area contributed by atoms with Gasteiger partial charge in [0.1, 0.15) is 0 Å². The van der Waals surface area contributed by atoms with Gasteiger partial charge in [-0.25, -0.2) is 0 Å². The van der Waals surface area contributed by atoms with Gasteiger partial charge in [0, 0.05) is 26.0 Å². The van der Waals surface area contributed by atoms with Crippen LogP contribution >= 0.6 is 15.9 Å². The molecule has 0 spiro atoms. The third-order valence-electron chi connectivity index (χ3n) is 3.15. The van der Waals surface area contributed by atoms with Crippen molar-refractivity contribution in [2.45, 2.75) is 64.1 Å². The molecule has 5 heteroatoms. The fourth-order valence-electron chi connectivity index (χ4n) is 1.91. The van der Waals surface area contributed by atoms with E-state index in [4.69, 9.17) is 14.2 Å². The molecule has 0 aromatic carbocycles. The Morgan fingerprint density at radius 2 is 1.50 bits per heavy atom. The first kappa shape index (κ1) is 19.9. The highest BCUT2D eigenvalue weighted by molar-refractivity contribution is 9.09. The second-order valence-electron chi connectivity index (χ2n) is 4.82. The summed E-state index contributed by atoms with van der Waals surface area (Å²) in [4.78, 5) is 11.4. The normalized spacial score (nSPS) is 11.0. The molecule has 0 saturated heterocycles. The third kappa shape index (κ3) is 12.9. The van der Waals surface area contributed by atoms with Crippen molar-refractivity contribution in [3.05, 3.63) is 0 Å². The summed E-state index contributed by atoms with van der Waals surface area (Å²) in [6, 6.07) is 0. The lowest BCUT2D eigenvalue weighted by Gasteiger charge is -2.12. The lowest BCUT2D eigenvalue weighted by Crippen LogP contribution is -2.16. The number of methoxy groups -OCH3 is 2. The Labute approximate surface area is 131 Å². The highest BCUT2D eigenvalue weighted by atomic mass is 79.9. The van der Waals surface area contributed by atoms with Crippen LogP contribution in [0.3, 0.4) is 0 Å². The maximum atomic E-state index is 11.4. The van der Waals surface area contributed by atoms with E-state index in [1.807, 2.05) is 0 Å². The van der Waals surface area contributed by atoms with E-state index in [-0.39, 0.29) is 12.3 Å². The van der Waals surface area contributed by atoms with Gasteiger partial charge in [0.15, 0.2) is 6.29 Å². The predicted octanol–water partition coefficient (Wildman–Crippen LogP) is 4.05. The minimum absolute atomic E-state index is 0.165. The Kier molecular flexibility index (Phi) is 15.2. The molecule has 0 aliphatic heterocycles. The van der Waals surface area contributed by atoms with Crippen LogP contribution in [-0.4, -0.2) is 38.4 Å². The molecule has 4 nitrogen and oxygen atoms in total. The molecule has 0 saturated carbocycles. The molecule has 0 aliphatic rings. The Balaban J connectivity index is 3.27. The summed E-state index contributed by atoms with van der Waals surface area (Å²) in [5, 5.41) is 1.11. The van der Waals surface area contributed by atoms with Gasteiger partial charge in [0.05, 0.1) is 13.0 Å². The number of alkyl halides is 1. The van der Waals surface area contributed by atoms with Crippen molar-refractivity contribution in [1.29, 1.82) is 0 Å². The van der Waals surface area contributed by atoms with Crippen LogP contribution in [0.15, 0.2) is 0 Å². The highest BCUT2D eigenvalue weighted by Gasteiger charge is 2.09. The lowest BCUT2D eigenvalue weighted by atomic mass is 10.1. The van der Waals surface area contributed by atoms with Crippen LogP contribution in [0.4, 0.5) is 0 Å². The maximum absolute atomic E-state index is 11.4. The quantitative estimate of drug-likeness (QED) is 0.205. The van der Waals surface area contributed by atoms with Gasteiger partial charge in [0.25, 0.3) is 0 Å². The van der Waals surface area contributed by atoms with E-state index in [0.717, 1.165) is 18.2 Å². The monoisotopic (exact) mass is 352 g/mol. The van der Waals surface area contributed by atoms with Crippen LogP contribution in [0.2, 0.25) is 0 Å². The molecular weight excluding hydrogens is 324 g/mol. The van der Waals surface area contributed by atoms with Crippen molar-refractivity contribution in [1.82, 2.24) is 0 Å². The zero-order valence-electron chi connectivity index (χ0n) is 12.9.